The van der Waals surface area contributed by atoms with E-state index in [9.17, 15) is 14.7 Å². The molecular weight excluding hydrogens is 420 g/mol. The van der Waals surface area contributed by atoms with E-state index in [-0.39, 0.29) is 23.7 Å². The number of carbonyl (C=O) groups is 2. The van der Waals surface area contributed by atoms with Crippen molar-refractivity contribution in [3.63, 3.8) is 0 Å². The second-order valence-electron chi connectivity index (χ2n) is 8.40. The maximum absolute atomic E-state index is 13.2. The van der Waals surface area contributed by atoms with E-state index in [1.807, 2.05) is 38.1 Å². The minimum Gasteiger partial charge on any atom is -0.503 e. The molecule has 0 radical (unpaired) electrons. The van der Waals surface area contributed by atoms with Gasteiger partial charge in [0.05, 0.1) is 18.7 Å². The summed E-state index contributed by atoms with van der Waals surface area (Å²) in [5.74, 6) is -0.243. The number of aliphatic hydroxyl groups is 1. The summed E-state index contributed by atoms with van der Waals surface area (Å²) in [6.45, 7) is 5.61. The lowest BCUT2D eigenvalue weighted by atomic mass is 9.91. The molecule has 1 atom stereocenters. The van der Waals surface area contributed by atoms with E-state index >= 15 is 0 Å². The van der Waals surface area contributed by atoms with Crippen molar-refractivity contribution < 1.29 is 23.8 Å². The minimum absolute atomic E-state index is 0.0745. The quantitative estimate of drug-likeness (QED) is 0.538. The van der Waals surface area contributed by atoms with Gasteiger partial charge in [0.25, 0.3) is 5.91 Å². The number of amides is 1. The lowest BCUT2D eigenvalue weighted by Gasteiger charge is -2.28. The molecular formula is C26H26N2O5. The second kappa shape index (κ2) is 8.94. The Hall–Kier alpha value is -3.87. The Bertz CT molecular complexity index is 1220. The molecule has 7 heteroatoms. The summed E-state index contributed by atoms with van der Waals surface area (Å²) in [4.78, 5) is 32.2. The standard InChI is InChI=1S/C26H26N2O5/c1-15(2)13-21(29)23-24(19-7-5-6-8-22(19)32-4)28(26(31)25(23)30)18-11-9-17(10-12-18)20-14-33-16(3)27-20/h5-12,14-15,24,30H,13H2,1-4H3. The summed E-state index contributed by atoms with van der Waals surface area (Å²) >= 11 is 0. The first kappa shape index (κ1) is 22.3. The number of benzene rings is 2. The van der Waals surface area contributed by atoms with Gasteiger partial charge in [-0.25, -0.2) is 4.98 Å². The van der Waals surface area contributed by atoms with Crippen LogP contribution in [0, 0.1) is 12.8 Å². The van der Waals surface area contributed by atoms with Crippen LogP contribution in [0.25, 0.3) is 11.3 Å². The zero-order valence-electron chi connectivity index (χ0n) is 19.0. The van der Waals surface area contributed by atoms with Gasteiger partial charge in [-0.15, -0.1) is 0 Å². The van der Waals surface area contributed by atoms with Crippen LogP contribution in [0.1, 0.15) is 37.8 Å². The van der Waals surface area contributed by atoms with Gasteiger partial charge in [0.15, 0.2) is 17.4 Å². The van der Waals surface area contributed by atoms with Crippen molar-refractivity contribution in [3.05, 3.63) is 77.6 Å². The first-order valence-corrected chi connectivity index (χ1v) is 10.8. The van der Waals surface area contributed by atoms with E-state index in [0.29, 0.717) is 28.6 Å². The smallest absolute Gasteiger partial charge is 0.294 e. The average Bonchev–Trinajstić information content (AvgIpc) is 3.34. The number of aromatic nitrogens is 1. The molecule has 1 N–H and O–H groups in total. The number of para-hydroxylation sites is 1. The number of carbonyl (C=O) groups excluding carboxylic acids is 2. The highest BCUT2D eigenvalue weighted by molar-refractivity contribution is 6.16. The molecule has 0 aliphatic carbocycles. The molecule has 0 saturated heterocycles. The Morgan fingerprint density at radius 3 is 2.48 bits per heavy atom. The van der Waals surface area contributed by atoms with E-state index in [0.717, 1.165) is 5.56 Å². The Morgan fingerprint density at radius 2 is 1.88 bits per heavy atom. The third kappa shape index (κ3) is 4.14. The fourth-order valence-electron chi connectivity index (χ4n) is 4.11. The maximum Gasteiger partial charge on any atom is 0.294 e. The Labute approximate surface area is 192 Å². The summed E-state index contributed by atoms with van der Waals surface area (Å²) in [7, 11) is 1.54. The van der Waals surface area contributed by atoms with Crippen molar-refractivity contribution in [2.45, 2.75) is 33.2 Å². The number of hydrogen-bond acceptors (Lipinski definition) is 6. The van der Waals surface area contributed by atoms with Crippen molar-refractivity contribution in [3.8, 4) is 17.0 Å². The van der Waals surface area contributed by atoms with E-state index in [1.54, 1.807) is 37.5 Å². The SMILES string of the molecule is COc1ccccc1C1C(C(=O)CC(C)C)=C(O)C(=O)N1c1ccc(-c2coc(C)n2)cc1. The topological polar surface area (TPSA) is 92.9 Å². The van der Waals surface area contributed by atoms with Crippen molar-refractivity contribution in [1.29, 1.82) is 0 Å². The largest absolute Gasteiger partial charge is 0.503 e. The molecule has 3 aromatic rings. The van der Waals surface area contributed by atoms with Crippen molar-refractivity contribution in [2.75, 3.05) is 12.0 Å². The third-order valence-electron chi connectivity index (χ3n) is 5.60. The first-order valence-electron chi connectivity index (χ1n) is 10.8. The van der Waals surface area contributed by atoms with Gasteiger partial charge in [0.1, 0.15) is 17.7 Å². The fourth-order valence-corrected chi connectivity index (χ4v) is 4.11. The molecule has 2 heterocycles. The summed E-state index contributed by atoms with van der Waals surface area (Å²) < 4.78 is 10.8. The highest BCUT2D eigenvalue weighted by Gasteiger charge is 2.45. The molecule has 0 saturated carbocycles. The number of aliphatic hydroxyl groups excluding tert-OH is 1. The predicted molar refractivity (Wildman–Crippen MR) is 124 cm³/mol. The molecule has 0 fully saturated rings. The zero-order valence-corrected chi connectivity index (χ0v) is 19.0. The van der Waals surface area contributed by atoms with Crippen LogP contribution in [-0.2, 0) is 9.59 Å². The number of anilines is 1. The molecule has 170 valence electrons. The number of hydrogen-bond donors (Lipinski definition) is 1. The van der Waals surface area contributed by atoms with Gasteiger partial charge in [-0.3, -0.25) is 14.5 Å². The molecule has 33 heavy (non-hydrogen) atoms. The summed E-state index contributed by atoms with van der Waals surface area (Å²) in [5, 5.41) is 10.8. The number of oxazole rings is 1. The van der Waals surface area contributed by atoms with Crippen molar-refractivity contribution >= 4 is 17.4 Å². The summed E-state index contributed by atoms with van der Waals surface area (Å²) in [6, 6.07) is 13.6. The normalized spacial score (nSPS) is 16.1. The number of nitrogens with zero attached hydrogens (tertiary/aromatic N) is 2. The zero-order chi connectivity index (χ0) is 23.7. The van der Waals surface area contributed by atoms with Gasteiger partial charge in [-0.1, -0.05) is 44.2 Å². The Morgan fingerprint density at radius 1 is 1.18 bits per heavy atom. The predicted octanol–water partition coefficient (Wildman–Crippen LogP) is 5.17. The number of methoxy groups -OCH3 is 1. The summed E-state index contributed by atoms with van der Waals surface area (Å²) in [6.07, 6.45) is 1.79. The van der Waals surface area contributed by atoms with Gasteiger partial charge in [0.2, 0.25) is 0 Å². The van der Waals surface area contributed by atoms with Crippen LogP contribution in [0.4, 0.5) is 5.69 Å². The van der Waals surface area contributed by atoms with Gasteiger partial charge in [0, 0.05) is 30.2 Å². The number of ketones is 1. The first-order chi connectivity index (χ1) is 15.8. The molecule has 0 bridgehead atoms. The molecule has 0 spiro atoms. The van der Waals surface area contributed by atoms with Gasteiger partial charge >= 0.3 is 0 Å². The number of rotatable bonds is 7. The fraction of sp³-hybridized carbons (Fsp3) is 0.269. The van der Waals surface area contributed by atoms with Crippen LogP contribution in [-0.4, -0.2) is 28.9 Å². The van der Waals surface area contributed by atoms with Gasteiger partial charge in [-0.05, 0) is 24.1 Å². The van der Waals surface area contributed by atoms with Crippen molar-refractivity contribution in [1.82, 2.24) is 4.98 Å². The van der Waals surface area contributed by atoms with Crippen LogP contribution in [0.3, 0.4) is 0 Å². The average molecular weight is 447 g/mol. The van der Waals surface area contributed by atoms with Gasteiger partial charge in [-0.2, -0.15) is 0 Å². The lowest BCUT2D eigenvalue weighted by Crippen LogP contribution is -2.31. The molecule has 2 aromatic carbocycles. The molecule has 1 aliphatic heterocycles. The minimum atomic E-state index is -0.806. The monoisotopic (exact) mass is 446 g/mol. The number of ether oxygens (including phenoxy) is 1. The lowest BCUT2D eigenvalue weighted by molar-refractivity contribution is -0.118. The molecule has 1 aliphatic rings. The third-order valence-corrected chi connectivity index (χ3v) is 5.60. The molecule has 1 amide bonds. The van der Waals surface area contributed by atoms with E-state index in [4.69, 9.17) is 9.15 Å². The van der Waals surface area contributed by atoms with E-state index < -0.39 is 17.7 Å². The van der Waals surface area contributed by atoms with Crippen LogP contribution < -0.4 is 9.64 Å². The molecule has 1 aromatic heterocycles. The highest BCUT2D eigenvalue weighted by atomic mass is 16.5. The van der Waals surface area contributed by atoms with Crippen LogP contribution in [0.2, 0.25) is 0 Å². The number of aryl methyl sites for hydroxylation is 1. The second-order valence-corrected chi connectivity index (χ2v) is 8.40. The summed E-state index contributed by atoms with van der Waals surface area (Å²) in [5.41, 5.74) is 2.76. The number of Topliss-reactive ketones (excluding diaryl/α,β-unsaturated/α-hetero) is 1. The van der Waals surface area contributed by atoms with Crippen molar-refractivity contribution in [2.24, 2.45) is 5.92 Å². The van der Waals surface area contributed by atoms with E-state index in [1.165, 1.54) is 12.0 Å². The Balaban J connectivity index is 1.81. The maximum atomic E-state index is 13.2. The molecule has 1 unspecified atom stereocenters. The molecule has 4 rings (SSSR count). The van der Waals surface area contributed by atoms with Crippen LogP contribution >= 0.6 is 0 Å². The van der Waals surface area contributed by atoms with Crippen LogP contribution in [0.5, 0.6) is 5.75 Å². The van der Waals surface area contributed by atoms with Gasteiger partial charge < -0.3 is 14.3 Å². The van der Waals surface area contributed by atoms with Crippen LogP contribution in [0.15, 0.2) is 70.5 Å². The Kier molecular flexibility index (Phi) is 6.05. The highest BCUT2D eigenvalue weighted by Crippen LogP contribution is 2.44. The molecule has 7 nitrogen and oxygen atoms in total. The van der Waals surface area contributed by atoms with E-state index in [2.05, 4.69) is 4.98 Å².